The highest BCUT2D eigenvalue weighted by Crippen LogP contribution is 2.33. The van der Waals surface area contributed by atoms with Crippen LogP contribution >= 0.6 is 0 Å². The largest absolute Gasteiger partial charge is 0.381 e. The highest BCUT2D eigenvalue weighted by atomic mass is 16.5. The number of amides is 1. The van der Waals surface area contributed by atoms with Gasteiger partial charge in [-0.25, -0.2) is 0 Å². The summed E-state index contributed by atoms with van der Waals surface area (Å²) in [6.45, 7) is 8.50. The van der Waals surface area contributed by atoms with E-state index in [-0.39, 0.29) is 5.54 Å². The molecule has 0 aromatic heterocycles. The minimum Gasteiger partial charge on any atom is -0.381 e. The SMILES string of the molecule is CN1CCN(C[C@@H]2CCOC2)CC12CCN(C(=O)CCC1CCCC1)CC2. The Morgan fingerprint density at radius 2 is 1.81 bits per heavy atom. The Kier molecular flexibility index (Phi) is 6.40. The zero-order valence-corrected chi connectivity index (χ0v) is 17.3. The summed E-state index contributed by atoms with van der Waals surface area (Å²) in [5.41, 5.74) is 0.278. The van der Waals surface area contributed by atoms with Crippen molar-refractivity contribution in [3.63, 3.8) is 0 Å². The molecule has 4 rings (SSSR count). The molecule has 0 radical (unpaired) electrons. The van der Waals surface area contributed by atoms with E-state index >= 15 is 0 Å². The van der Waals surface area contributed by atoms with Crippen LogP contribution in [0.3, 0.4) is 0 Å². The van der Waals surface area contributed by atoms with E-state index in [9.17, 15) is 4.79 Å². The van der Waals surface area contributed by atoms with Gasteiger partial charge in [-0.15, -0.1) is 0 Å². The first-order chi connectivity index (χ1) is 13.1. The summed E-state index contributed by atoms with van der Waals surface area (Å²) >= 11 is 0. The molecule has 154 valence electrons. The zero-order valence-electron chi connectivity index (χ0n) is 17.3. The van der Waals surface area contributed by atoms with E-state index in [1.165, 1.54) is 51.7 Å². The molecule has 4 fully saturated rings. The maximum absolute atomic E-state index is 12.7. The lowest BCUT2D eigenvalue weighted by Gasteiger charge is -2.53. The van der Waals surface area contributed by atoms with Crippen molar-refractivity contribution in [2.45, 2.75) is 63.3 Å². The van der Waals surface area contributed by atoms with Crippen molar-refractivity contribution in [2.75, 3.05) is 59.5 Å². The van der Waals surface area contributed by atoms with Crippen LogP contribution in [-0.4, -0.2) is 85.7 Å². The highest BCUT2D eigenvalue weighted by Gasteiger charge is 2.43. The Labute approximate surface area is 165 Å². The van der Waals surface area contributed by atoms with Crippen molar-refractivity contribution in [2.24, 2.45) is 11.8 Å². The first-order valence-corrected chi connectivity index (χ1v) is 11.4. The van der Waals surface area contributed by atoms with E-state index in [4.69, 9.17) is 4.74 Å². The number of ether oxygens (including phenoxy) is 1. The van der Waals surface area contributed by atoms with Crippen LogP contribution in [0.2, 0.25) is 0 Å². The van der Waals surface area contributed by atoms with Crippen molar-refractivity contribution >= 4 is 5.91 Å². The first-order valence-electron chi connectivity index (χ1n) is 11.4. The van der Waals surface area contributed by atoms with Crippen LogP contribution in [0.5, 0.6) is 0 Å². The smallest absolute Gasteiger partial charge is 0.222 e. The number of hydrogen-bond acceptors (Lipinski definition) is 4. The van der Waals surface area contributed by atoms with Gasteiger partial charge in [0.15, 0.2) is 0 Å². The molecule has 0 aromatic carbocycles. The predicted molar refractivity (Wildman–Crippen MR) is 108 cm³/mol. The molecule has 27 heavy (non-hydrogen) atoms. The van der Waals surface area contributed by atoms with Crippen LogP contribution in [-0.2, 0) is 9.53 Å². The number of carbonyl (C=O) groups excluding carboxylic acids is 1. The third-order valence-electron chi connectivity index (χ3n) is 7.91. The second-order valence-electron chi connectivity index (χ2n) is 9.68. The third kappa shape index (κ3) is 4.68. The summed E-state index contributed by atoms with van der Waals surface area (Å²) < 4.78 is 5.58. The molecule has 5 nitrogen and oxygen atoms in total. The van der Waals surface area contributed by atoms with Gasteiger partial charge in [0.25, 0.3) is 0 Å². The molecule has 5 heteroatoms. The Bertz CT molecular complexity index is 492. The second kappa shape index (κ2) is 8.79. The normalized spacial score (nSPS) is 30.4. The molecule has 4 aliphatic rings. The average Bonchev–Trinajstić information content (AvgIpc) is 3.37. The summed E-state index contributed by atoms with van der Waals surface area (Å²) in [7, 11) is 2.30. The Hall–Kier alpha value is -0.650. The molecular formula is C22H39N3O2. The number of piperazine rings is 1. The fourth-order valence-electron chi connectivity index (χ4n) is 5.89. The molecule has 0 bridgehead atoms. The Morgan fingerprint density at radius 1 is 1.04 bits per heavy atom. The van der Waals surface area contributed by atoms with Crippen molar-refractivity contribution < 1.29 is 9.53 Å². The minimum atomic E-state index is 0.278. The predicted octanol–water partition coefficient (Wildman–Crippen LogP) is 2.60. The summed E-state index contributed by atoms with van der Waals surface area (Å²) in [6.07, 6.45) is 10.8. The lowest BCUT2D eigenvalue weighted by molar-refractivity contribution is -0.135. The number of piperidine rings is 1. The molecule has 0 unspecified atom stereocenters. The van der Waals surface area contributed by atoms with Gasteiger partial charge in [0.05, 0.1) is 6.61 Å². The van der Waals surface area contributed by atoms with E-state index in [2.05, 4.69) is 21.7 Å². The molecule has 1 aliphatic carbocycles. The van der Waals surface area contributed by atoms with Crippen LogP contribution in [0.4, 0.5) is 0 Å². The number of likely N-dealkylation sites (N-methyl/N-ethyl adjacent to an activating group) is 1. The fraction of sp³-hybridized carbons (Fsp3) is 0.955. The number of nitrogens with zero attached hydrogens (tertiary/aromatic N) is 3. The second-order valence-corrected chi connectivity index (χ2v) is 9.68. The first kappa shape index (κ1) is 19.7. The monoisotopic (exact) mass is 377 g/mol. The van der Waals surface area contributed by atoms with Gasteiger partial charge >= 0.3 is 0 Å². The van der Waals surface area contributed by atoms with Gasteiger partial charge in [-0.1, -0.05) is 25.7 Å². The lowest BCUT2D eigenvalue weighted by atomic mass is 9.83. The van der Waals surface area contributed by atoms with Gasteiger partial charge in [-0.2, -0.15) is 0 Å². The molecule has 0 aromatic rings. The quantitative estimate of drug-likeness (QED) is 0.738. The number of hydrogen-bond donors (Lipinski definition) is 0. The molecule has 1 atom stereocenters. The van der Waals surface area contributed by atoms with Crippen molar-refractivity contribution in [3.05, 3.63) is 0 Å². The fourth-order valence-corrected chi connectivity index (χ4v) is 5.89. The molecule has 1 amide bonds. The number of carbonyl (C=O) groups is 1. The van der Waals surface area contributed by atoms with Gasteiger partial charge in [0, 0.05) is 57.8 Å². The maximum atomic E-state index is 12.7. The summed E-state index contributed by atoms with van der Waals surface area (Å²) in [4.78, 5) is 20.1. The van der Waals surface area contributed by atoms with E-state index in [0.717, 1.165) is 70.4 Å². The zero-order chi connectivity index (χ0) is 18.7. The van der Waals surface area contributed by atoms with E-state index < -0.39 is 0 Å². The van der Waals surface area contributed by atoms with Crippen LogP contribution in [0.15, 0.2) is 0 Å². The van der Waals surface area contributed by atoms with Crippen LogP contribution in [0.25, 0.3) is 0 Å². The summed E-state index contributed by atoms with van der Waals surface area (Å²) in [6, 6.07) is 0. The van der Waals surface area contributed by atoms with Crippen molar-refractivity contribution in [3.8, 4) is 0 Å². The number of rotatable bonds is 5. The van der Waals surface area contributed by atoms with Gasteiger partial charge in [-0.05, 0) is 44.6 Å². The maximum Gasteiger partial charge on any atom is 0.222 e. The molecule has 1 spiro atoms. The van der Waals surface area contributed by atoms with Gasteiger partial charge in [0.2, 0.25) is 5.91 Å². The topological polar surface area (TPSA) is 36.0 Å². The Balaban J connectivity index is 1.26. The average molecular weight is 378 g/mol. The van der Waals surface area contributed by atoms with E-state index in [1.807, 2.05) is 0 Å². The van der Waals surface area contributed by atoms with Crippen LogP contribution in [0.1, 0.15) is 57.8 Å². The highest BCUT2D eigenvalue weighted by molar-refractivity contribution is 5.76. The summed E-state index contributed by atoms with van der Waals surface area (Å²) in [5, 5.41) is 0. The van der Waals surface area contributed by atoms with Crippen molar-refractivity contribution in [1.82, 2.24) is 14.7 Å². The Morgan fingerprint density at radius 3 is 2.52 bits per heavy atom. The van der Waals surface area contributed by atoms with Crippen LogP contribution < -0.4 is 0 Å². The third-order valence-corrected chi connectivity index (χ3v) is 7.91. The van der Waals surface area contributed by atoms with Gasteiger partial charge in [-0.3, -0.25) is 14.6 Å². The molecule has 3 heterocycles. The van der Waals surface area contributed by atoms with Gasteiger partial charge in [0.1, 0.15) is 0 Å². The molecule has 3 saturated heterocycles. The van der Waals surface area contributed by atoms with Crippen molar-refractivity contribution in [1.29, 1.82) is 0 Å². The molecule has 0 N–H and O–H groups in total. The van der Waals surface area contributed by atoms with Gasteiger partial charge < -0.3 is 9.64 Å². The van der Waals surface area contributed by atoms with Crippen LogP contribution in [0, 0.1) is 11.8 Å². The van der Waals surface area contributed by atoms with E-state index in [1.54, 1.807) is 0 Å². The molecule has 1 saturated carbocycles. The number of likely N-dealkylation sites (tertiary alicyclic amines) is 1. The molecule has 3 aliphatic heterocycles. The summed E-state index contributed by atoms with van der Waals surface area (Å²) in [5.74, 6) is 1.96. The lowest BCUT2D eigenvalue weighted by Crippen LogP contribution is -2.65. The minimum absolute atomic E-state index is 0.278. The molecular weight excluding hydrogens is 338 g/mol. The van der Waals surface area contributed by atoms with E-state index in [0.29, 0.717) is 5.91 Å². The standard InChI is InChI=1S/C22H39N3O2/c1-23-13-14-24(16-20-8-15-27-17-20)18-22(23)9-11-25(12-10-22)21(26)7-6-19-4-2-3-5-19/h19-20H,2-18H2,1H3/t20-/m0/s1.